The van der Waals surface area contributed by atoms with Crippen LogP contribution in [-0.2, 0) is 156 Å². The van der Waals surface area contributed by atoms with Crippen molar-refractivity contribution in [1.82, 2.24) is 0 Å². The van der Waals surface area contributed by atoms with E-state index in [0.29, 0.717) is 0 Å². The molecule has 20 unspecified atom stereocenters. The Labute approximate surface area is 571 Å². The quantitative estimate of drug-likeness (QED) is 0.0777. The average Bonchev–Trinajstić information content (AvgIpc) is 0.769. The molecular formula is C63H116O34. The standard InChI is InChI=1S/C63H116O34/c1-31(72-9)41(74-11)42(32(64)24-65-2)93-58-34(73-10)23-33(35(87-58)25-66-3)86-59-54(82-19)49(77-14)44(37(89-59)27-68-5)95-61-56(84-21)51(79-16)46(39(91-61)29-70-7)97-63-57(85-22)52(80-17)47(40(92-63)30-71-8)96-62-55(83-20)50(78-15)45(38(90-62)28-69-6)94-60-53(81-18)48(76-13)43(75-12)36(88-60)26-67-4/h31-64H,23-30H2,1-22H3/t31?,32?,33-,34?,35?,36?,37?,38?,39?,40?,41?,42+,43+,44+,45+,46+,47+,48?,49?,50?,51?,52?,53?,54?,55?,56?,57?,58-,59+,60-,61+,62+,63-/m0/s1. The molecule has 0 aromatic rings. The summed E-state index contributed by atoms with van der Waals surface area (Å²) in [7, 11) is 32.0. The summed E-state index contributed by atoms with van der Waals surface area (Å²) in [6.45, 7) is 1.93. The van der Waals surface area contributed by atoms with Gasteiger partial charge in [0.2, 0.25) is 0 Å². The molecule has 572 valence electrons. The fraction of sp³-hybridized carbons (Fsp3) is 1.00. The van der Waals surface area contributed by atoms with Crippen LogP contribution in [0.5, 0.6) is 0 Å². The molecule has 0 saturated carbocycles. The average molecular weight is 1420 g/mol. The predicted octanol–water partition coefficient (Wildman–Crippen LogP) is -0.847. The van der Waals surface area contributed by atoms with Gasteiger partial charge in [0.05, 0.1) is 58.5 Å². The summed E-state index contributed by atoms with van der Waals surface area (Å²) in [5.41, 5.74) is 0. The van der Waals surface area contributed by atoms with E-state index in [1.54, 1.807) is 28.3 Å². The van der Waals surface area contributed by atoms with Crippen LogP contribution in [0.3, 0.4) is 0 Å². The Bertz CT molecular complexity index is 2090. The molecule has 34 nitrogen and oxygen atoms in total. The van der Waals surface area contributed by atoms with E-state index >= 15 is 0 Å². The molecule has 97 heavy (non-hydrogen) atoms. The van der Waals surface area contributed by atoms with Crippen molar-refractivity contribution in [3.8, 4) is 0 Å². The lowest BCUT2D eigenvalue weighted by atomic mass is 9.94. The Kier molecular flexibility index (Phi) is 37.6. The fourth-order valence-electron chi connectivity index (χ4n) is 13.9. The molecule has 6 rings (SSSR count). The van der Waals surface area contributed by atoms with Crippen LogP contribution in [-0.4, -0.2) is 403 Å². The normalized spacial score (nSPS) is 41.2. The molecule has 0 spiro atoms. The maximum Gasteiger partial charge on any atom is 0.187 e. The Morgan fingerprint density at radius 2 is 0.557 bits per heavy atom. The lowest BCUT2D eigenvalue weighted by Gasteiger charge is -2.52. The summed E-state index contributed by atoms with van der Waals surface area (Å²) in [5, 5.41) is 11.3. The van der Waals surface area contributed by atoms with Crippen LogP contribution in [0.15, 0.2) is 0 Å². The van der Waals surface area contributed by atoms with E-state index in [2.05, 4.69) is 0 Å². The van der Waals surface area contributed by atoms with Crippen molar-refractivity contribution in [3.63, 3.8) is 0 Å². The van der Waals surface area contributed by atoms with Crippen molar-refractivity contribution in [2.75, 3.05) is 196 Å². The van der Waals surface area contributed by atoms with E-state index in [4.69, 9.17) is 156 Å². The SMILES string of the molecule is COCC(O)[C@@H](O[C@@H]1OC(COC)[C@@H](O[C@@H]2OC(COC)[C@@H](O[C@H]3OC(COC)[C@@H](O[C@@H]4OC(COC)[C@@H](O[C@H]5OC(COC)[C@@H](O[C@@H]6OC(COC)[C@@H](OC)C(OC)C6OC)C(OC)C5OC)C(OC)C4OC)C(OC)C3OC)C(OC)C2OC)CC1OC)C(OC)C(C)OC. The van der Waals surface area contributed by atoms with Crippen molar-refractivity contribution in [1.29, 1.82) is 0 Å². The summed E-state index contributed by atoms with van der Waals surface area (Å²) in [6.07, 6.45) is -29.7. The Balaban J connectivity index is 1.22. The number of methoxy groups -OCH3 is 21. The smallest absolute Gasteiger partial charge is 0.187 e. The molecule has 6 fully saturated rings. The molecule has 0 aromatic carbocycles. The molecule has 0 amide bonds. The van der Waals surface area contributed by atoms with Gasteiger partial charge >= 0.3 is 0 Å². The predicted molar refractivity (Wildman–Crippen MR) is 332 cm³/mol. The zero-order valence-electron chi connectivity index (χ0n) is 60.6. The lowest BCUT2D eigenvalue weighted by Crippen LogP contribution is -2.69. The number of aliphatic hydroxyl groups is 1. The van der Waals surface area contributed by atoms with Gasteiger partial charge in [0, 0.05) is 156 Å². The number of hydrogen-bond donors (Lipinski definition) is 1. The van der Waals surface area contributed by atoms with Crippen molar-refractivity contribution in [2.45, 2.75) is 216 Å². The van der Waals surface area contributed by atoms with Crippen LogP contribution < -0.4 is 0 Å². The van der Waals surface area contributed by atoms with Crippen LogP contribution >= 0.6 is 0 Å². The summed E-state index contributed by atoms with van der Waals surface area (Å²) in [6, 6.07) is 0. The monoisotopic (exact) mass is 1420 g/mol. The first-order valence-electron chi connectivity index (χ1n) is 32.4. The minimum Gasteiger partial charge on any atom is -0.388 e. The molecule has 0 aliphatic carbocycles. The highest BCUT2D eigenvalue weighted by atomic mass is 16.8. The van der Waals surface area contributed by atoms with Gasteiger partial charge in [0.1, 0.15) is 153 Å². The third-order valence-corrected chi connectivity index (χ3v) is 18.6. The van der Waals surface area contributed by atoms with Crippen LogP contribution in [0.4, 0.5) is 0 Å². The minimum absolute atomic E-state index is 0.00986. The van der Waals surface area contributed by atoms with Crippen molar-refractivity contribution >= 4 is 0 Å². The summed E-state index contributed by atoms with van der Waals surface area (Å²) in [4.78, 5) is 0. The van der Waals surface area contributed by atoms with Crippen LogP contribution in [0.25, 0.3) is 0 Å². The molecule has 34 heteroatoms. The van der Waals surface area contributed by atoms with Gasteiger partial charge in [-0.1, -0.05) is 0 Å². The van der Waals surface area contributed by atoms with E-state index in [1.807, 2.05) is 0 Å². The topological polar surface area (TPSA) is 325 Å². The number of ether oxygens (including phenoxy) is 33. The summed E-state index contributed by atoms with van der Waals surface area (Å²) < 4.78 is 206. The third-order valence-electron chi connectivity index (χ3n) is 18.6. The Morgan fingerprint density at radius 3 is 0.825 bits per heavy atom. The molecular weight excluding hydrogens is 1300 g/mol. The van der Waals surface area contributed by atoms with Gasteiger partial charge in [-0.25, -0.2) is 0 Å². The van der Waals surface area contributed by atoms with Crippen LogP contribution in [0.2, 0.25) is 0 Å². The maximum atomic E-state index is 11.3. The van der Waals surface area contributed by atoms with Gasteiger partial charge in [0.25, 0.3) is 0 Å². The summed E-state index contributed by atoms with van der Waals surface area (Å²) in [5.74, 6) is 0. The molecule has 0 aromatic heterocycles. The maximum absolute atomic E-state index is 11.3. The van der Waals surface area contributed by atoms with Gasteiger partial charge in [-0.3, -0.25) is 0 Å². The van der Waals surface area contributed by atoms with E-state index in [9.17, 15) is 5.11 Å². The van der Waals surface area contributed by atoms with E-state index < -0.39 is 203 Å². The molecule has 6 aliphatic heterocycles. The second-order valence-electron chi connectivity index (χ2n) is 24.0. The fourth-order valence-corrected chi connectivity index (χ4v) is 13.9. The van der Waals surface area contributed by atoms with Gasteiger partial charge < -0.3 is 161 Å². The van der Waals surface area contributed by atoms with Crippen LogP contribution in [0, 0.1) is 0 Å². The zero-order chi connectivity index (χ0) is 71.0. The highest BCUT2D eigenvalue weighted by Crippen LogP contribution is 2.41. The van der Waals surface area contributed by atoms with E-state index in [1.165, 1.54) is 128 Å². The highest BCUT2D eigenvalue weighted by molar-refractivity contribution is 5.02. The van der Waals surface area contributed by atoms with Crippen molar-refractivity contribution in [3.05, 3.63) is 0 Å². The van der Waals surface area contributed by atoms with E-state index in [-0.39, 0.29) is 52.7 Å². The van der Waals surface area contributed by atoms with Gasteiger partial charge in [-0.05, 0) is 6.92 Å². The first kappa shape index (κ1) is 84.6. The van der Waals surface area contributed by atoms with Crippen LogP contribution in [0.1, 0.15) is 13.3 Å². The molecule has 0 bridgehead atoms. The van der Waals surface area contributed by atoms with Crippen molar-refractivity contribution in [2.24, 2.45) is 0 Å². The third kappa shape index (κ3) is 20.4. The van der Waals surface area contributed by atoms with Gasteiger partial charge in [0.15, 0.2) is 37.7 Å². The molecule has 6 heterocycles. The number of rotatable bonds is 43. The molecule has 0 radical (unpaired) electrons. The number of hydrogen-bond acceptors (Lipinski definition) is 34. The number of aliphatic hydroxyl groups excluding tert-OH is 1. The largest absolute Gasteiger partial charge is 0.388 e. The summed E-state index contributed by atoms with van der Waals surface area (Å²) >= 11 is 0. The van der Waals surface area contributed by atoms with Gasteiger partial charge in [-0.15, -0.1) is 0 Å². The lowest BCUT2D eigenvalue weighted by molar-refractivity contribution is -0.401. The van der Waals surface area contributed by atoms with E-state index in [0.717, 1.165) is 0 Å². The molecule has 6 aliphatic rings. The van der Waals surface area contributed by atoms with Crippen molar-refractivity contribution < 1.29 is 161 Å². The minimum atomic E-state index is -1.21. The second kappa shape index (κ2) is 43.2. The highest BCUT2D eigenvalue weighted by Gasteiger charge is 2.60. The first-order chi connectivity index (χ1) is 47.0. The molecule has 6 saturated heterocycles. The first-order valence-corrected chi connectivity index (χ1v) is 32.4. The second-order valence-corrected chi connectivity index (χ2v) is 24.0. The molecule has 1 N–H and O–H groups in total. The Hall–Kier alpha value is -1.36. The molecule has 33 atom stereocenters. The zero-order valence-corrected chi connectivity index (χ0v) is 60.6. The van der Waals surface area contributed by atoms with Gasteiger partial charge in [-0.2, -0.15) is 0 Å². The Morgan fingerprint density at radius 1 is 0.278 bits per heavy atom.